The third kappa shape index (κ3) is 2.44. The molecule has 1 aromatic carbocycles. The summed E-state index contributed by atoms with van der Waals surface area (Å²) in [5, 5.41) is 1.08. The number of ether oxygens (including phenoxy) is 2. The highest BCUT2D eigenvalue weighted by atomic mass is 16.5. The van der Waals surface area contributed by atoms with Gasteiger partial charge in [-0.2, -0.15) is 0 Å². The molecule has 0 atom stereocenters. The monoisotopic (exact) mass is 282 g/mol. The van der Waals surface area contributed by atoms with Gasteiger partial charge in [0.05, 0.1) is 25.1 Å². The topological polar surface area (TPSA) is 36.3 Å². The average molecular weight is 282 g/mol. The number of methoxy groups -OCH3 is 2. The predicted molar refractivity (Wildman–Crippen MR) is 83.1 cm³/mol. The van der Waals surface area contributed by atoms with Gasteiger partial charge in [-0.1, -0.05) is 12.1 Å². The van der Waals surface area contributed by atoms with Crippen LogP contribution in [0.5, 0.6) is 11.6 Å². The fourth-order valence-corrected chi connectivity index (χ4v) is 2.62. The first-order valence-electron chi connectivity index (χ1n) is 6.84. The van der Waals surface area contributed by atoms with Crippen LogP contribution < -0.4 is 9.47 Å². The van der Waals surface area contributed by atoms with E-state index in [-0.39, 0.29) is 0 Å². The van der Waals surface area contributed by atoms with Crippen LogP contribution in [0.4, 0.5) is 0 Å². The molecule has 4 heteroatoms. The van der Waals surface area contributed by atoms with Gasteiger partial charge in [0.1, 0.15) is 5.75 Å². The quantitative estimate of drug-likeness (QED) is 0.735. The van der Waals surface area contributed by atoms with E-state index in [4.69, 9.17) is 9.47 Å². The van der Waals surface area contributed by atoms with Crippen LogP contribution in [0.1, 0.15) is 11.1 Å². The molecule has 108 valence electrons. The summed E-state index contributed by atoms with van der Waals surface area (Å²) in [5.74, 6) is 1.55. The Balaban J connectivity index is 2.00. The van der Waals surface area contributed by atoms with E-state index in [2.05, 4.69) is 34.8 Å². The molecule has 0 aliphatic rings. The zero-order valence-corrected chi connectivity index (χ0v) is 12.5. The molecule has 0 unspecified atom stereocenters. The van der Waals surface area contributed by atoms with Crippen molar-refractivity contribution in [1.29, 1.82) is 0 Å². The summed E-state index contributed by atoms with van der Waals surface area (Å²) >= 11 is 0. The van der Waals surface area contributed by atoms with Gasteiger partial charge in [0.25, 0.3) is 0 Å². The lowest BCUT2D eigenvalue weighted by Gasteiger charge is -2.07. The highest BCUT2D eigenvalue weighted by molar-refractivity contribution is 5.88. The molecule has 0 amide bonds. The van der Waals surface area contributed by atoms with Crippen LogP contribution >= 0.6 is 0 Å². The normalized spacial score (nSPS) is 10.8. The first-order chi connectivity index (χ1) is 10.2. The van der Waals surface area contributed by atoms with E-state index in [1.807, 2.05) is 18.2 Å². The maximum atomic E-state index is 5.36. The molecule has 0 spiro atoms. The van der Waals surface area contributed by atoms with Gasteiger partial charge < -0.3 is 14.0 Å². The van der Waals surface area contributed by atoms with Crippen molar-refractivity contribution < 1.29 is 9.47 Å². The van der Waals surface area contributed by atoms with Gasteiger partial charge in [0.2, 0.25) is 5.88 Å². The minimum Gasteiger partial charge on any atom is -0.497 e. The summed E-state index contributed by atoms with van der Waals surface area (Å²) < 4.78 is 12.8. The molecule has 21 heavy (non-hydrogen) atoms. The number of aryl methyl sites for hydroxylation is 1. The Hall–Kier alpha value is -2.49. The third-order valence-corrected chi connectivity index (χ3v) is 3.65. The van der Waals surface area contributed by atoms with E-state index in [0.29, 0.717) is 5.88 Å². The van der Waals surface area contributed by atoms with Gasteiger partial charge in [-0.3, -0.25) is 0 Å². The Morgan fingerprint density at radius 2 is 1.81 bits per heavy atom. The van der Waals surface area contributed by atoms with Crippen molar-refractivity contribution in [3.63, 3.8) is 0 Å². The van der Waals surface area contributed by atoms with Crippen LogP contribution in [0, 0.1) is 6.92 Å². The number of benzene rings is 1. The summed E-state index contributed by atoms with van der Waals surface area (Å²) in [6.45, 7) is 2.89. The number of hydrogen-bond donors (Lipinski definition) is 0. The van der Waals surface area contributed by atoms with E-state index >= 15 is 0 Å². The minimum absolute atomic E-state index is 0.679. The molecule has 2 aromatic heterocycles. The summed E-state index contributed by atoms with van der Waals surface area (Å²) in [6.07, 6.45) is 3.92. The Morgan fingerprint density at radius 3 is 2.48 bits per heavy atom. The number of pyridine rings is 1. The molecule has 0 radical (unpaired) electrons. The SMILES string of the molecule is COc1ccc(Cn2cc(C)c3c(OC)nccc32)cc1. The zero-order chi connectivity index (χ0) is 14.8. The maximum Gasteiger partial charge on any atom is 0.222 e. The van der Waals surface area contributed by atoms with Crippen molar-refractivity contribution in [3.8, 4) is 11.6 Å². The molecular weight excluding hydrogens is 264 g/mol. The van der Waals surface area contributed by atoms with Gasteiger partial charge in [-0.25, -0.2) is 4.98 Å². The van der Waals surface area contributed by atoms with E-state index < -0.39 is 0 Å². The molecule has 0 N–H and O–H groups in total. The second kappa shape index (κ2) is 5.48. The fourth-order valence-electron chi connectivity index (χ4n) is 2.62. The Bertz CT molecular complexity index is 760. The predicted octanol–water partition coefficient (Wildman–Crippen LogP) is 3.41. The van der Waals surface area contributed by atoms with Crippen LogP contribution in [-0.2, 0) is 6.54 Å². The van der Waals surface area contributed by atoms with Gasteiger partial charge in [0, 0.05) is 18.9 Å². The number of fused-ring (bicyclic) bond motifs is 1. The van der Waals surface area contributed by atoms with Crippen molar-refractivity contribution in [1.82, 2.24) is 9.55 Å². The lowest BCUT2D eigenvalue weighted by molar-refractivity contribution is 0.403. The van der Waals surface area contributed by atoms with Crippen molar-refractivity contribution in [2.75, 3.05) is 14.2 Å². The number of aromatic nitrogens is 2. The van der Waals surface area contributed by atoms with E-state index in [0.717, 1.165) is 23.2 Å². The first kappa shape index (κ1) is 13.5. The number of rotatable bonds is 4. The summed E-state index contributed by atoms with van der Waals surface area (Å²) in [6, 6.07) is 10.2. The molecule has 0 saturated carbocycles. The van der Waals surface area contributed by atoms with Crippen molar-refractivity contribution in [3.05, 3.63) is 53.9 Å². The standard InChI is InChI=1S/C17H18N2O2/c1-12-10-19(11-13-4-6-14(20-2)7-5-13)15-8-9-18-17(21-3)16(12)15/h4-10H,11H2,1-3H3. The molecule has 0 aliphatic carbocycles. The fraction of sp³-hybridized carbons (Fsp3) is 0.235. The second-order valence-corrected chi connectivity index (χ2v) is 5.00. The van der Waals surface area contributed by atoms with Crippen LogP contribution in [0.2, 0.25) is 0 Å². The molecule has 2 heterocycles. The van der Waals surface area contributed by atoms with Crippen molar-refractivity contribution in [2.24, 2.45) is 0 Å². The van der Waals surface area contributed by atoms with Crippen LogP contribution in [0.25, 0.3) is 10.9 Å². The first-order valence-corrected chi connectivity index (χ1v) is 6.84. The molecule has 0 fully saturated rings. The zero-order valence-electron chi connectivity index (χ0n) is 12.5. The van der Waals surface area contributed by atoms with Crippen LogP contribution in [-0.4, -0.2) is 23.8 Å². The smallest absolute Gasteiger partial charge is 0.222 e. The Labute approximate surface area is 123 Å². The van der Waals surface area contributed by atoms with Gasteiger partial charge in [-0.15, -0.1) is 0 Å². The third-order valence-electron chi connectivity index (χ3n) is 3.65. The second-order valence-electron chi connectivity index (χ2n) is 5.00. The summed E-state index contributed by atoms with van der Waals surface area (Å²) in [7, 11) is 3.33. The highest BCUT2D eigenvalue weighted by Crippen LogP contribution is 2.28. The minimum atomic E-state index is 0.679. The molecule has 0 aliphatic heterocycles. The Morgan fingerprint density at radius 1 is 1.05 bits per heavy atom. The number of nitrogens with zero attached hydrogens (tertiary/aromatic N) is 2. The van der Waals surface area contributed by atoms with E-state index in [9.17, 15) is 0 Å². The average Bonchev–Trinajstić information content (AvgIpc) is 2.84. The number of hydrogen-bond acceptors (Lipinski definition) is 3. The molecular formula is C17H18N2O2. The van der Waals surface area contributed by atoms with Crippen molar-refractivity contribution in [2.45, 2.75) is 13.5 Å². The van der Waals surface area contributed by atoms with E-state index in [1.165, 1.54) is 11.1 Å². The molecule has 4 nitrogen and oxygen atoms in total. The van der Waals surface area contributed by atoms with Gasteiger partial charge in [0.15, 0.2) is 0 Å². The molecule has 3 aromatic rings. The molecule has 3 rings (SSSR count). The van der Waals surface area contributed by atoms with Gasteiger partial charge >= 0.3 is 0 Å². The van der Waals surface area contributed by atoms with Crippen molar-refractivity contribution >= 4 is 10.9 Å². The maximum absolute atomic E-state index is 5.36. The van der Waals surface area contributed by atoms with Gasteiger partial charge in [-0.05, 0) is 36.2 Å². The van der Waals surface area contributed by atoms with Crippen LogP contribution in [0.3, 0.4) is 0 Å². The highest BCUT2D eigenvalue weighted by Gasteiger charge is 2.11. The molecule has 0 saturated heterocycles. The molecule has 0 bridgehead atoms. The summed E-state index contributed by atoms with van der Waals surface area (Å²) in [4.78, 5) is 4.28. The lowest BCUT2D eigenvalue weighted by Crippen LogP contribution is -1.98. The lowest BCUT2D eigenvalue weighted by atomic mass is 10.2. The Kier molecular flexibility index (Phi) is 3.52. The van der Waals surface area contributed by atoms with Crippen LogP contribution in [0.15, 0.2) is 42.7 Å². The largest absolute Gasteiger partial charge is 0.497 e. The summed E-state index contributed by atoms with van der Waals surface area (Å²) in [5.41, 5.74) is 3.53. The van der Waals surface area contributed by atoms with E-state index in [1.54, 1.807) is 20.4 Å².